The number of aromatic nitrogens is 3. The molecule has 0 aliphatic heterocycles. The molecule has 0 aliphatic rings. The van der Waals surface area contributed by atoms with Gasteiger partial charge in [-0.1, -0.05) is 20.8 Å². The monoisotopic (exact) mass is 337 g/mol. The standard InChI is InChI=1S/C17H35N7/c1-5-11-23(12-6-2)13-8-9-19-17(18-4)20-10-14-24-15-21-22-16(24)7-3/h15H,5-14H2,1-4H3,(H2,18,19,20). The molecule has 0 saturated carbocycles. The Hall–Kier alpha value is -1.63. The van der Waals surface area contributed by atoms with Gasteiger partial charge in [0.25, 0.3) is 0 Å². The van der Waals surface area contributed by atoms with Crippen LogP contribution in [0.15, 0.2) is 11.3 Å². The highest BCUT2D eigenvalue weighted by atomic mass is 15.3. The van der Waals surface area contributed by atoms with Crippen LogP contribution >= 0.6 is 0 Å². The SMILES string of the molecule is CCCN(CCC)CCCNC(=NC)NCCn1cnnc1CC. The van der Waals surface area contributed by atoms with E-state index in [2.05, 4.69) is 56.1 Å². The maximum absolute atomic E-state index is 4.28. The van der Waals surface area contributed by atoms with E-state index < -0.39 is 0 Å². The Morgan fingerprint density at radius 3 is 2.46 bits per heavy atom. The van der Waals surface area contributed by atoms with E-state index in [1.54, 1.807) is 6.33 Å². The number of guanidine groups is 1. The van der Waals surface area contributed by atoms with E-state index >= 15 is 0 Å². The van der Waals surface area contributed by atoms with Crippen molar-refractivity contribution < 1.29 is 0 Å². The predicted molar refractivity (Wildman–Crippen MR) is 100 cm³/mol. The zero-order valence-corrected chi connectivity index (χ0v) is 15.9. The predicted octanol–water partition coefficient (Wildman–Crippen LogP) is 1.52. The normalized spacial score (nSPS) is 12.0. The molecular weight excluding hydrogens is 302 g/mol. The van der Waals surface area contributed by atoms with Gasteiger partial charge in [-0.2, -0.15) is 0 Å². The molecule has 1 aromatic rings. The molecule has 1 heterocycles. The second-order valence-electron chi connectivity index (χ2n) is 5.92. The molecule has 0 atom stereocenters. The molecule has 24 heavy (non-hydrogen) atoms. The zero-order valence-electron chi connectivity index (χ0n) is 15.9. The molecule has 0 aliphatic carbocycles. The first-order valence-corrected chi connectivity index (χ1v) is 9.28. The summed E-state index contributed by atoms with van der Waals surface area (Å²) in [6, 6.07) is 0. The molecule has 1 rings (SSSR count). The Morgan fingerprint density at radius 2 is 1.83 bits per heavy atom. The summed E-state index contributed by atoms with van der Waals surface area (Å²) in [7, 11) is 1.81. The summed E-state index contributed by atoms with van der Waals surface area (Å²) >= 11 is 0. The fourth-order valence-corrected chi connectivity index (χ4v) is 2.73. The third-order valence-electron chi connectivity index (χ3n) is 3.90. The third kappa shape index (κ3) is 7.77. The van der Waals surface area contributed by atoms with Gasteiger partial charge in [-0.05, 0) is 38.9 Å². The molecule has 138 valence electrons. The smallest absolute Gasteiger partial charge is 0.191 e. The van der Waals surface area contributed by atoms with Crippen molar-refractivity contribution >= 4 is 5.96 Å². The largest absolute Gasteiger partial charge is 0.356 e. The van der Waals surface area contributed by atoms with Crippen LogP contribution in [0.25, 0.3) is 0 Å². The summed E-state index contributed by atoms with van der Waals surface area (Å²) < 4.78 is 2.08. The fourth-order valence-electron chi connectivity index (χ4n) is 2.73. The van der Waals surface area contributed by atoms with Crippen molar-refractivity contribution in [2.45, 2.75) is 53.0 Å². The minimum absolute atomic E-state index is 0.808. The Kier molecular flexibility index (Phi) is 10.8. The lowest BCUT2D eigenvalue weighted by atomic mass is 10.3. The molecule has 7 nitrogen and oxygen atoms in total. The lowest BCUT2D eigenvalue weighted by Crippen LogP contribution is -2.40. The first kappa shape index (κ1) is 20.4. The number of rotatable bonds is 12. The summed E-state index contributed by atoms with van der Waals surface area (Å²) in [5.74, 6) is 1.88. The maximum atomic E-state index is 4.28. The van der Waals surface area contributed by atoms with E-state index in [1.165, 1.54) is 25.9 Å². The molecule has 1 aromatic heterocycles. The van der Waals surface area contributed by atoms with Crippen LogP contribution < -0.4 is 10.6 Å². The molecule has 0 radical (unpaired) electrons. The van der Waals surface area contributed by atoms with E-state index in [4.69, 9.17) is 0 Å². The Labute approximate surface area is 146 Å². The van der Waals surface area contributed by atoms with Gasteiger partial charge in [0.05, 0.1) is 0 Å². The molecule has 0 aromatic carbocycles. The van der Waals surface area contributed by atoms with Gasteiger partial charge in [-0.25, -0.2) is 0 Å². The number of hydrogen-bond donors (Lipinski definition) is 2. The minimum atomic E-state index is 0.808. The summed E-state index contributed by atoms with van der Waals surface area (Å²) in [5.41, 5.74) is 0. The Bertz CT molecular complexity index is 450. The topological polar surface area (TPSA) is 70.4 Å². The number of aliphatic imine (C=N–C) groups is 1. The van der Waals surface area contributed by atoms with Crippen molar-refractivity contribution in [2.75, 3.05) is 39.8 Å². The summed E-state index contributed by atoms with van der Waals surface area (Å²) in [6.45, 7) is 12.7. The van der Waals surface area contributed by atoms with Crippen LogP contribution in [0.2, 0.25) is 0 Å². The zero-order chi connectivity index (χ0) is 17.6. The van der Waals surface area contributed by atoms with Crippen LogP contribution in [-0.2, 0) is 13.0 Å². The van der Waals surface area contributed by atoms with E-state index in [1.807, 2.05) is 7.05 Å². The first-order chi connectivity index (χ1) is 11.7. The average molecular weight is 338 g/mol. The average Bonchev–Trinajstić information content (AvgIpc) is 3.04. The summed E-state index contributed by atoms with van der Waals surface area (Å²) in [5, 5.41) is 14.8. The van der Waals surface area contributed by atoms with Gasteiger partial charge in [0, 0.05) is 33.1 Å². The second-order valence-corrected chi connectivity index (χ2v) is 5.92. The van der Waals surface area contributed by atoms with Crippen molar-refractivity contribution in [1.29, 1.82) is 0 Å². The first-order valence-electron chi connectivity index (χ1n) is 9.28. The van der Waals surface area contributed by atoms with Crippen molar-refractivity contribution in [3.8, 4) is 0 Å². The van der Waals surface area contributed by atoms with E-state index in [0.717, 1.165) is 50.8 Å². The van der Waals surface area contributed by atoms with Crippen molar-refractivity contribution in [3.63, 3.8) is 0 Å². The fraction of sp³-hybridized carbons (Fsp3) is 0.824. The third-order valence-corrected chi connectivity index (χ3v) is 3.90. The van der Waals surface area contributed by atoms with Crippen LogP contribution in [-0.4, -0.2) is 65.4 Å². The highest BCUT2D eigenvalue weighted by Gasteiger charge is 2.04. The van der Waals surface area contributed by atoms with E-state index in [-0.39, 0.29) is 0 Å². The van der Waals surface area contributed by atoms with Gasteiger partial charge in [0.1, 0.15) is 12.2 Å². The van der Waals surface area contributed by atoms with Gasteiger partial charge in [-0.3, -0.25) is 4.99 Å². The van der Waals surface area contributed by atoms with E-state index in [0.29, 0.717) is 0 Å². The quantitative estimate of drug-likeness (QED) is 0.344. The molecule has 2 N–H and O–H groups in total. The number of hydrogen-bond acceptors (Lipinski definition) is 4. The molecule has 0 amide bonds. The van der Waals surface area contributed by atoms with Gasteiger partial charge >= 0.3 is 0 Å². The molecule has 0 saturated heterocycles. The summed E-state index contributed by atoms with van der Waals surface area (Å²) in [4.78, 5) is 6.82. The Balaban J connectivity index is 2.20. The lowest BCUT2D eigenvalue weighted by Gasteiger charge is -2.21. The highest BCUT2D eigenvalue weighted by molar-refractivity contribution is 5.79. The van der Waals surface area contributed by atoms with Crippen LogP contribution in [0, 0.1) is 0 Å². The Morgan fingerprint density at radius 1 is 1.12 bits per heavy atom. The minimum Gasteiger partial charge on any atom is -0.356 e. The van der Waals surface area contributed by atoms with Crippen LogP contribution in [0.5, 0.6) is 0 Å². The van der Waals surface area contributed by atoms with Gasteiger partial charge < -0.3 is 20.1 Å². The lowest BCUT2D eigenvalue weighted by molar-refractivity contribution is 0.271. The molecule has 0 bridgehead atoms. The molecular formula is C17H35N7. The van der Waals surface area contributed by atoms with Crippen molar-refractivity contribution in [1.82, 2.24) is 30.3 Å². The van der Waals surface area contributed by atoms with Crippen LogP contribution in [0.1, 0.15) is 45.9 Å². The molecule has 0 spiro atoms. The molecule has 0 fully saturated rings. The van der Waals surface area contributed by atoms with E-state index in [9.17, 15) is 0 Å². The maximum Gasteiger partial charge on any atom is 0.191 e. The number of aryl methyl sites for hydroxylation is 1. The second kappa shape index (κ2) is 12.8. The van der Waals surface area contributed by atoms with Crippen LogP contribution in [0.3, 0.4) is 0 Å². The summed E-state index contributed by atoms with van der Waals surface area (Å²) in [6.07, 6.45) is 6.26. The molecule has 7 heteroatoms. The highest BCUT2D eigenvalue weighted by Crippen LogP contribution is 1.96. The van der Waals surface area contributed by atoms with Crippen molar-refractivity contribution in [3.05, 3.63) is 12.2 Å². The van der Waals surface area contributed by atoms with Crippen molar-refractivity contribution in [2.24, 2.45) is 4.99 Å². The van der Waals surface area contributed by atoms with Gasteiger partial charge in [0.15, 0.2) is 5.96 Å². The van der Waals surface area contributed by atoms with Gasteiger partial charge in [0.2, 0.25) is 0 Å². The van der Waals surface area contributed by atoms with Gasteiger partial charge in [-0.15, -0.1) is 10.2 Å². The number of nitrogens with zero attached hydrogens (tertiary/aromatic N) is 5. The van der Waals surface area contributed by atoms with Crippen LogP contribution in [0.4, 0.5) is 0 Å². The number of nitrogens with one attached hydrogen (secondary N) is 2. The molecule has 0 unspecified atom stereocenters.